The van der Waals surface area contributed by atoms with E-state index in [1.807, 2.05) is 0 Å². The molecule has 0 amide bonds. The zero-order valence-electron chi connectivity index (χ0n) is 48.0. The minimum Gasteiger partial charge on any atom is -0.494 e. The molecule has 19 nitrogen and oxygen atoms in total. The third-order valence-electron chi connectivity index (χ3n) is 14.5. The van der Waals surface area contributed by atoms with Gasteiger partial charge in [-0.3, -0.25) is 19.2 Å². The summed E-state index contributed by atoms with van der Waals surface area (Å²) in [5, 5.41) is 7.25. The molecule has 0 atom stereocenters. The monoisotopic (exact) mass is 1170 g/mol. The van der Waals surface area contributed by atoms with Crippen LogP contribution in [-0.2, 0) is 38.2 Å². The zero-order chi connectivity index (χ0) is 59.3. The molecule has 0 aliphatic heterocycles. The number of hydrogen-bond donors (Lipinski definition) is 0. The lowest BCUT2D eigenvalue weighted by Gasteiger charge is -2.26. The average molecular weight is 1170 g/mol. The Labute approximate surface area is 495 Å². The van der Waals surface area contributed by atoms with Crippen LogP contribution in [0.1, 0.15) is 141 Å². The number of thiazole rings is 1. The Morgan fingerprint density at radius 3 is 1.44 bits per heavy atom. The van der Waals surface area contributed by atoms with Crippen LogP contribution < -0.4 is 33.4 Å². The van der Waals surface area contributed by atoms with Gasteiger partial charge in [-0.05, 0) is 176 Å². The molecule has 0 unspecified atom stereocenters. The van der Waals surface area contributed by atoms with E-state index in [0.29, 0.717) is 129 Å². The number of carbonyl (C=O) groups excluding carboxylic acids is 6. The molecule has 3 aromatic carbocycles. The van der Waals surface area contributed by atoms with Gasteiger partial charge in [0.2, 0.25) is 5.13 Å². The van der Waals surface area contributed by atoms with Gasteiger partial charge < -0.3 is 37.9 Å². The highest BCUT2D eigenvalue weighted by Gasteiger charge is 2.34. The van der Waals surface area contributed by atoms with E-state index < -0.39 is 41.6 Å². The number of esters is 6. The summed E-state index contributed by atoms with van der Waals surface area (Å²) in [5.41, 5.74) is 0.896. The van der Waals surface area contributed by atoms with Gasteiger partial charge in [0.1, 0.15) is 34.5 Å². The Bertz CT molecular complexity index is 2940. The van der Waals surface area contributed by atoms with Crippen LogP contribution >= 0.6 is 11.3 Å². The van der Waals surface area contributed by atoms with E-state index in [9.17, 15) is 28.8 Å². The van der Waals surface area contributed by atoms with Gasteiger partial charge in [0.15, 0.2) is 10.5 Å². The van der Waals surface area contributed by atoms with Gasteiger partial charge >= 0.3 is 35.8 Å². The van der Waals surface area contributed by atoms with Crippen molar-refractivity contribution in [1.82, 2.24) is 15.0 Å². The summed E-state index contributed by atoms with van der Waals surface area (Å²) in [4.78, 5) is 90.8. The van der Waals surface area contributed by atoms with Gasteiger partial charge in [-0.2, -0.15) is 10.1 Å². The highest BCUT2D eigenvalue weighted by Crippen LogP contribution is 2.35. The molecule has 20 heteroatoms. The van der Waals surface area contributed by atoms with E-state index in [1.54, 1.807) is 90.3 Å². The Hall–Kier alpha value is -8.00. The minimum atomic E-state index is -0.477. The first kappa shape index (κ1) is 63.6. The first-order valence-electron chi connectivity index (χ1n) is 29.4. The highest BCUT2D eigenvalue weighted by molar-refractivity contribution is 7.21. The molecule has 448 valence electrons. The van der Waals surface area contributed by atoms with Crippen LogP contribution in [0.4, 0.5) is 5.13 Å². The number of hydrazone groups is 1. The second-order valence-corrected chi connectivity index (χ2v) is 21.8. The third-order valence-corrected chi connectivity index (χ3v) is 15.5. The molecule has 2 aliphatic rings. The summed E-state index contributed by atoms with van der Waals surface area (Å²) in [6.45, 7) is 11.3. The number of ether oxygens (including phenoxy) is 8. The van der Waals surface area contributed by atoms with Crippen molar-refractivity contribution < 1.29 is 66.7 Å². The number of aromatic nitrogens is 3. The third kappa shape index (κ3) is 21.0. The average Bonchev–Trinajstić information content (AvgIpc) is 4.13. The van der Waals surface area contributed by atoms with Crippen molar-refractivity contribution in [2.75, 3.05) is 38.0 Å². The number of nitrogens with zero attached hydrogens (tertiary/aromatic N) is 5. The fourth-order valence-corrected chi connectivity index (χ4v) is 10.5. The van der Waals surface area contributed by atoms with Crippen LogP contribution in [0.15, 0.2) is 110 Å². The molecule has 2 aliphatic carbocycles. The van der Waals surface area contributed by atoms with Crippen molar-refractivity contribution in [2.24, 2.45) is 28.8 Å². The largest absolute Gasteiger partial charge is 0.494 e. The number of anilines is 1. The molecule has 2 heterocycles. The summed E-state index contributed by atoms with van der Waals surface area (Å²) in [7, 11) is 0. The van der Waals surface area contributed by atoms with Crippen molar-refractivity contribution >= 4 is 69.0 Å². The first-order valence-corrected chi connectivity index (χ1v) is 30.2. The maximum absolute atomic E-state index is 13.9. The molecule has 0 radical (unpaired) electrons. The molecule has 7 rings (SSSR count). The molecule has 2 aromatic heterocycles. The molecular weight excluding hydrogens is 1090 g/mol. The van der Waals surface area contributed by atoms with Crippen LogP contribution in [0.3, 0.4) is 0 Å². The normalized spacial score (nSPS) is 16.7. The summed E-state index contributed by atoms with van der Waals surface area (Å²) in [6.07, 6.45) is 21.4. The lowest BCUT2D eigenvalue weighted by molar-refractivity contribution is -0.145. The fourth-order valence-electron chi connectivity index (χ4n) is 9.67. The second-order valence-electron chi connectivity index (χ2n) is 20.8. The molecule has 2 saturated carbocycles. The predicted molar refractivity (Wildman–Crippen MR) is 317 cm³/mol. The van der Waals surface area contributed by atoms with Crippen molar-refractivity contribution in [3.8, 4) is 34.5 Å². The molecule has 0 bridgehead atoms. The van der Waals surface area contributed by atoms with E-state index in [0.717, 1.165) is 89.2 Å². The Morgan fingerprint density at radius 2 is 0.964 bits per heavy atom. The molecule has 0 saturated heterocycles. The van der Waals surface area contributed by atoms with Crippen molar-refractivity contribution in [2.45, 2.75) is 135 Å². The molecule has 2 fully saturated rings. The van der Waals surface area contributed by atoms with Gasteiger partial charge in [0.05, 0.1) is 56.3 Å². The number of hydrogen-bond acceptors (Lipinski definition) is 20. The van der Waals surface area contributed by atoms with E-state index in [1.165, 1.54) is 11.3 Å². The number of unbranched alkanes of at least 4 members (excludes halogenated alkanes) is 9. The van der Waals surface area contributed by atoms with Crippen molar-refractivity contribution in [3.05, 3.63) is 110 Å². The lowest BCUT2D eigenvalue weighted by atomic mass is 9.82. The summed E-state index contributed by atoms with van der Waals surface area (Å²) in [5.74, 6) is -1.56. The Morgan fingerprint density at radius 1 is 0.536 bits per heavy atom. The SMILES string of the molecule is C=CC(=O)OCCCCCCOc1ccc(OC(=O)C2CCC(C(=O)Oc3ccc(OC(=O)C4CCC(C(=O)Oc5ccc(OCCCCCCOC(=O)C=C)cc5)CC4)c(/C=N/N(CCCCCC)c4nc5nccnc5s4)c3)CC2)cc1. The standard InChI is InChI=1S/C64H77N5O14S/c1-4-7-8-13-38-69(64-68-58-59(84-64)66-37-36-65-58)67-44-49-43-54(82-62(74)47-20-18-45(19-21-47)60(72)80-52-30-26-50(27-31-52)76-39-14-9-11-16-41-78-56(70)5-2)34-35-55(49)83-63(75)48-24-22-46(23-25-48)61(73)81-53-32-28-51(29-33-53)77-40-15-10-12-17-42-79-57(71)6-3/h5-6,26-37,43-48H,2-4,7-25,38-42H2,1H3/b67-44+. The van der Waals surface area contributed by atoms with Gasteiger partial charge in [-0.15, -0.1) is 0 Å². The number of carbonyl (C=O) groups is 6. The fraction of sp³-hybridized carbons (Fsp3) is 0.469. The van der Waals surface area contributed by atoms with Gasteiger partial charge in [0, 0.05) is 36.7 Å². The minimum absolute atomic E-state index is 0.218. The van der Waals surface area contributed by atoms with Gasteiger partial charge in [0.25, 0.3) is 0 Å². The van der Waals surface area contributed by atoms with Crippen molar-refractivity contribution in [1.29, 1.82) is 0 Å². The van der Waals surface area contributed by atoms with E-state index in [-0.39, 0.29) is 29.4 Å². The Kier molecular flexibility index (Phi) is 26.2. The maximum Gasteiger partial charge on any atom is 0.330 e. The predicted octanol–water partition coefficient (Wildman–Crippen LogP) is 12.5. The zero-order valence-corrected chi connectivity index (χ0v) is 48.8. The smallest absolute Gasteiger partial charge is 0.330 e. The molecule has 5 aromatic rings. The molecular formula is C64H77N5O14S. The summed E-state index contributed by atoms with van der Waals surface area (Å²) < 4.78 is 45.3. The van der Waals surface area contributed by atoms with Crippen LogP contribution in [0.25, 0.3) is 10.5 Å². The van der Waals surface area contributed by atoms with Gasteiger partial charge in [-0.25, -0.2) is 24.6 Å². The summed E-state index contributed by atoms with van der Waals surface area (Å²) >= 11 is 1.36. The quantitative estimate of drug-likeness (QED) is 0.00930. The molecule has 84 heavy (non-hydrogen) atoms. The highest BCUT2D eigenvalue weighted by atomic mass is 32.1. The van der Waals surface area contributed by atoms with Crippen LogP contribution in [0.2, 0.25) is 0 Å². The van der Waals surface area contributed by atoms with E-state index >= 15 is 0 Å². The van der Waals surface area contributed by atoms with Crippen LogP contribution in [0, 0.1) is 23.7 Å². The van der Waals surface area contributed by atoms with Crippen molar-refractivity contribution in [3.63, 3.8) is 0 Å². The van der Waals surface area contributed by atoms with Gasteiger partial charge in [-0.1, -0.05) is 50.7 Å². The maximum atomic E-state index is 13.9. The topological polar surface area (TPSA) is 231 Å². The second kappa shape index (κ2) is 34.6. The Balaban J connectivity index is 0.911. The lowest BCUT2D eigenvalue weighted by Crippen LogP contribution is -2.30. The number of benzene rings is 3. The molecule has 0 N–H and O–H groups in total. The first-order chi connectivity index (χ1) is 41.0. The van der Waals surface area contributed by atoms with Crippen LogP contribution in [-0.4, -0.2) is 90.0 Å². The number of fused-ring (bicyclic) bond motifs is 1. The van der Waals surface area contributed by atoms with E-state index in [2.05, 4.69) is 30.0 Å². The van der Waals surface area contributed by atoms with Crippen LogP contribution in [0.5, 0.6) is 34.5 Å². The molecule has 0 spiro atoms. The summed E-state index contributed by atoms with van der Waals surface area (Å²) in [6, 6.07) is 18.6. The number of rotatable bonds is 34. The van der Waals surface area contributed by atoms with E-state index in [4.69, 9.17) is 48.0 Å².